The van der Waals surface area contributed by atoms with Gasteiger partial charge in [0.25, 0.3) is 11.8 Å². The van der Waals surface area contributed by atoms with Crippen molar-refractivity contribution in [1.82, 2.24) is 10.6 Å². The average molecular weight is 312 g/mol. The molecule has 0 radical (unpaired) electrons. The van der Waals surface area contributed by atoms with Crippen LogP contribution in [0, 0.1) is 6.92 Å². The van der Waals surface area contributed by atoms with Crippen molar-refractivity contribution >= 4 is 11.8 Å². The number of carbonyl (C=O) groups is 2. The summed E-state index contributed by atoms with van der Waals surface area (Å²) in [4.78, 5) is 23.5. The first-order valence-electron chi connectivity index (χ1n) is 7.44. The molecule has 2 aromatic carbocycles. The van der Waals surface area contributed by atoms with Crippen molar-refractivity contribution < 1.29 is 14.3 Å². The Kier molecular flexibility index (Phi) is 6.17. The standard InChI is InChI=1S/C18H20N2O3/c1-14-6-5-7-15(12-14)18(22)20-11-10-19-17(21)13-23-16-8-3-2-4-9-16/h2-9,12H,10-11,13H2,1H3,(H,19,21)(H,20,22). The summed E-state index contributed by atoms with van der Waals surface area (Å²) in [6, 6.07) is 16.5. The zero-order valence-corrected chi connectivity index (χ0v) is 13.0. The molecule has 2 rings (SSSR count). The maximum atomic E-state index is 11.9. The third-order valence-electron chi connectivity index (χ3n) is 3.13. The van der Waals surface area contributed by atoms with Crippen molar-refractivity contribution in [2.75, 3.05) is 19.7 Å². The summed E-state index contributed by atoms with van der Waals surface area (Å²) >= 11 is 0. The van der Waals surface area contributed by atoms with Crippen LogP contribution in [0.25, 0.3) is 0 Å². The van der Waals surface area contributed by atoms with Crippen LogP contribution in [0.5, 0.6) is 5.75 Å². The molecule has 0 aliphatic heterocycles. The quantitative estimate of drug-likeness (QED) is 0.768. The zero-order valence-electron chi connectivity index (χ0n) is 13.0. The van der Waals surface area contributed by atoms with Gasteiger partial charge in [0.1, 0.15) is 5.75 Å². The highest BCUT2D eigenvalue weighted by Crippen LogP contribution is 2.07. The topological polar surface area (TPSA) is 67.4 Å². The SMILES string of the molecule is Cc1cccc(C(=O)NCCNC(=O)COc2ccccc2)c1. The molecule has 0 spiro atoms. The number of benzene rings is 2. The third-order valence-corrected chi connectivity index (χ3v) is 3.13. The minimum Gasteiger partial charge on any atom is -0.484 e. The van der Waals surface area contributed by atoms with Gasteiger partial charge in [-0.1, -0.05) is 35.9 Å². The van der Waals surface area contributed by atoms with Crippen LogP contribution in [0.4, 0.5) is 0 Å². The van der Waals surface area contributed by atoms with Crippen molar-refractivity contribution in [3.63, 3.8) is 0 Å². The summed E-state index contributed by atoms with van der Waals surface area (Å²) in [6.07, 6.45) is 0. The minimum absolute atomic E-state index is 0.0458. The first-order valence-corrected chi connectivity index (χ1v) is 7.44. The largest absolute Gasteiger partial charge is 0.484 e. The van der Waals surface area contributed by atoms with Gasteiger partial charge < -0.3 is 15.4 Å². The fourth-order valence-corrected chi connectivity index (χ4v) is 1.98. The number of aryl methyl sites for hydroxylation is 1. The van der Waals surface area contributed by atoms with Gasteiger partial charge in [-0.25, -0.2) is 0 Å². The molecule has 120 valence electrons. The van der Waals surface area contributed by atoms with E-state index in [0.717, 1.165) is 5.56 Å². The molecule has 5 heteroatoms. The first kappa shape index (κ1) is 16.5. The van der Waals surface area contributed by atoms with E-state index in [2.05, 4.69) is 10.6 Å². The normalized spacial score (nSPS) is 9.96. The van der Waals surface area contributed by atoms with Crippen LogP contribution in [-0.2, 0) is 4.79 Å². The summed E-state index contributed by atoms with van der Waals surface area (Å²) in [6.45, 7) is 2.61. The molecule has 5 nitrogen and oxygen atoms in total. The molecule has 0 atom stereocenters. The highest BCUT2D eigenvalue weighted by Gasteiger charge is 2.05. The molecule has 0 aliphatic rings. The molecule has 0 saturated heterocycles. The number of ether oxygens (including phenoxy) is 1. The van der Waals surface area contributed by atoms with E-state index in [4.69, 9.17) is 4.74 Å². The Morgan fingerprint density at radius 3 is 2.43 bits per heavy atom. The highest BCUT2D eigenvalue weighted by molar-refractivity contribution is 5.94. The van der Waals surface area contributed by atoms with Crippen LogP contribution < -0.4 is 15.4 Å². The lowest BCUT2D eigenvalue weighted by molar-refractivity contribution is -0.123. The fraction of sp³-hybridized carbons (Fsp3) is 0.222. The van der Waals surface area contributed by atoms with Gasteiger partial charge in [0.2, 0.25) is 0 Å². The van der Waals surface area contributed by atoms with Crippen LogP contribution in [0.3, 0.4) is 0 Å². The van der Waals surface area contributed by atoms with Crippen LogP contribution >= 0.6 is 0 Å². The Balaban J connectivity index is 1.63. The number of hydrogen-bond donors (Lipinski definition) is 2. The minimum atomic E-state index is -0.223. The summed E-state index contributed by atoms with van der Waals surface area (Å²) in [5, 5.41) is 5.45. The second-order valence-electron chi connectivity index (χ2n) is 5.08. The Morgan fingerprint density at radius 2 is 1.70 bits per heavy atom. The van der Waals surface area contributed by atoms with E-state index in [1.54, 1.807) is 18.2 Å². The van der Waals surface area contributed by atoms with E-state index >= 15 is 0 Å². The summed E-state index contributed by atoms with van der Waals surface area (Å²) < 4.78 is 5.33. The van der Waals surface area contributed by atoms with E-state index in [-0.39, 0.29) is 18.4 Å². The summed E-state index contributed by atoms with van der Waals surface area (Å²) in [5.74, 6) is 0.276. The Hall–Kier alpha value is -2.82. The van der Waals surface area contributed by atoms with Crippen molar-refractivity contribution in [3.8, 4) is 5.75 Å². The molecule has 2 aromatic rings. The molecule has 0 heterocycles. The van der Waals surface area contributed by atoms with Crippen LogP contribution in [-0.4, -0.2) is 31.5 Å². The second-order valence-corrected chi connectivity index (χ2v) is 5.08. The monoisotopic (exact) mass is 312 g/mol. The van der Waals surface area contributed by atoms with Gasteiger partial charge in [-0.3, -0.25) is 9.59 Å². The molecule has 2 N–H and O–H groups in total. The number of nitrogens with one attached hydrogen (secondary N) is 2. The molecule has 23 heavy (non-hydrogen) atoms. The third kappa shape index (κ3) is 5.82. The molecular weight excluding hydrogens is 292 g/mol. The fourth-order valence-electron chi connectivity index (χ4n) is 1.98. The second kappa shape index (κ2) is 8.58. The van der Waals surface area contributed by atoms with E-state index in [1.807, 2.05) is 43.3 Å². The van der Waals surface area contributed by atoms with Gasteiger partial charge in [0.15, 0.2) is 6.61 Å². The lowest BCUT2D eigenvalue weighted by Crippen LogP contribution is -2.36. The zero-order chi connectivity index (χ0) is 16.5. The number of rotatable bonds is 7. The van der Waals surface area contributed by atoms with Crippen LogP contribution in [0.2, 0.25) is 0 Å². The van der Waals surface area contributed by atoms with Crippen molar-refractivity contribution in [3.05, 3.63) is 65.7 Å². The number of para-hydroxylation sites is 1. The molecule has 0 fully saturated rings. The predicted octanol–water partition coefficient (Wildman–Crippen LogP) is 1.92. The molecule has 0 aromatic heterocycles. The number of carbonyl (C=O) groups excluding carboxylic acids is 2. The van der Waals surface area contributed by atoms with E-state index < -0.39 is 0 Å². The van der Waals surface area contributed by atoms with Gasteiger partial charge in [0.05, 0.1) is 0 Å². The maximum absolute atomic E-state index is 11.9. The smallest absolute Gasteiger partial charge is 0.258 e. The van der Waals surface area contributed by atoms with Gasteiger partial charge >= 0.3 is 0 Å². The van der Waals surface area contributed by atoms with Gasteiger partial charge in [-0.15, -0.1) is 0 Å². The van der Waals surface area contributed by atoms with E-state index in [9.17, 15) is 9.59 Å². The molecule has 2 amide bonds. The van der Waals surface area contributed by atoms with Crippen molar-refractivity contribution in [2.24, 2.45) is 0 Å². The van der Waals surface area contributed by atoms with E-state index in [0.29, 0.717) is 24.4 Å². The summed E-state index contributed by atoms with van der Waals surface area (Å²) in [5.41, 5.74) is 1.65. The predicted molar refractivity (Wildman–Crippen MR) is 88.5 cm³/mol. The molecular formula is C18H20N2O3. The van der Waals surface area contributed by atoms with Crippen molar-refractivity contribution in [2.45, 2.75) is 6.92 Å². The average Bonchev–Trinajstić information content (AvgIpc) is 2.57. The summed E-state index contributed by atoms with van der Waals surface area (Å²) in [7, 11) is 0. The van der Waals surface area contributed by atoms with Crippen LogP contribution in [0.15, 0.2) is 54.6 Å². The van der Waals surface area contributed by atoms with Gasteiger partial charge in [-0.05, 0) is 31.2 Å². The molecule has 0 unspecified atom stereocenters. The Morgan fingerprint density at radius 1 is 0.957 bits per heavy atom. The molecule has 0 bridgehead atoms. The highest BCUT2D eigenvalue weighted by atomic mass is 16.5. The Bertz CT molecular complexity index is 656. The lowest BCUT2D eigenvalue weighted by Gasteiger charge is -2.08. The van der Waals surface area contributed by atoms with E-state index in [1.165, 1.54) is 0 Å². The number of amides is 2. The lowest BCUT2D eigenvalue weighted by atomic mass is 10.1. The first-order chi connectivity index (χ1) is 11.1. The van der Waals surface area contributed by atoms with Gasteiger partial charge in [0, 0.05) is 18.7 Å². The van der Waals surface area contributed by atoms with Crippen LogP contribution in [0.1, 0.15) is 15.9 Å². The number of hydrogen-bond acceptors (Lipinski definition) is 3. The van der Waals surface area contributed by atoms with Crippen molar-refractivity contribution in [1.29, 1.82) is 0 Å². The molecule has 0 aliphatic carbocycles. The van der Waals surface area contributed by atoms with Gasteiger partial charge in [-0.2, -0.15) is 0 Å². The maximum Gasteiger partial charge on any atom is 0.258 e. The molecule has 0 saturated carbocycles. The Labute approximate surface area is 135 Å².